The molecule has 30 heavy (non-hydrogen) atoms. The van der Waals surface area contributed by atoms with Crippen LogP contribution in [-0.2, 0) is 24.3 Å². The fourth-order valence-corrected chi connectivity index (χ4v) is 3.42. The van der Waals surface area contributed by atoms with Crippen molar-refractivity contribution in [2.75, 3.05) is 24.7 Å². The molecule has 10 heteroatoms. The van der Waals surface area contributed by atoms with Gasteiger partial charge in [0.1, 0.15) is 24.7 Å². The maximum atomic E-state index is 12.4. The third-order valence-electron chi connectivity index (χ3n) is 4.38. The second-order valence-corrected chi connectivity index (χ2v) is 8.11. The second kappa shape index (κ2) is 9.14. The number of hydrogen-bond acceptors (Lipinski definition) is 7. The predicted octanol–water partition coefficient (Wildman–Crippen LogP) is 1.46. The lowest BCUT2D eigenvalue weighted by atomic mass is 10.2. The van der Waals surface area contributed by atoms with Gasteiger partial charge in [-0.15, -0.1) is 0 Å². The quantitative estimate of drug-likeness (QED) is 0.492. The monoisotopic (exact) mass is 434 g/mol. The van der Waals surface area contributed by atoms with Crippen LogP contribution in [0.5, 0.6) is 11.5 Å². The fourth-order valence-electron chi connectivity index (χ4n) is 2.91. The van der Waals surface area contributed by atoms with Crippen LogP contribution >= 0.6 is 0 Å². The van der Waals surface area contributed by atoms with Gasteiger partial charge >= 0.3 is 5.97 Å². The normalized spacial score (nSPS) is 15.9. The molecule has 1 heterocycles. The zero-order chi connectivity index (χ0) is 21.7. The van der Waals surface area contributed by atoms with E-state index >= 15 is 0 Å². The number of primary sulfonamides is 1. The summed E-state index contributed by atoms with van der Waals surface area (Å²) < 4.78 is 38.5. The van der Waals surface area contributed by atoms with Crippen LogP contribution in [0.4, 0.5) is 5.69 Å². The first kappa shape index (κ1) is 21.6. The number of nitrogens with two attached hydrogens (primary N) is 1. The number of para-hydroxylation sites is 2. The van der Waals surface area contributed by atoms with Crippen molar-refractivity contribution in [3.05, 3.63) is 48.5 Å². The summed E-state index contributed by atoms with van der Waals surface area (Å²) in [5.41, 5.74) is 0.625. The van der Waals surface area contributed by atoms with Crippen molar-refractivity contribution in [1.29, 1.82) is 0 Å². The van der Waals surface area contributed by atoms with E-state index in [0.717, 1.165) is 0 Å². The molecule has 2 aromatic carbocycles. The van der Waals surface area contributed by atoms with Gasteiger partial charge in [0.2, 0.25) is 10.0 Å². The molecule has 0 fully saturated rings. The van der Waals surface area contributed by atoms with Gasteiger partial charge in [0.25, 0.3) is 5.91 Å². The number of sulfonamides is 1. The van der Waals surface area contributed by atoms with Crippen LogP contribution in [-0.4, -0.2) is 46.2 Å². The number of benzene rings is 2. The number of amides is 1. The molecule has 0 aliphatic carbocycles. The highest BCUT2D eigenvalue weighted by Crippen LogP contribution is 2.33. The third-order valence-corrected chi connectivity index (χ3v) is 5.31. The maximum Gasteiger partial charge on any atom is 0.307 e. The summed E-state index contributed by atoms with van der Waals surface area (Å²) in [5, 5.41) is 5.03. The Morgan fingerprint density at radius 3 is 2.53 bits per heavy atom. The van der Waals surface area contributed by atoms with Crippen LogP contribution in [0.2, 0.25) is 0 Å². The van der Waals surface area contributed by atoms with E-state index in [0.29, 0.717) is 17.2 Å². The number of rotatable bonds is 8. The van der Waals surface area contributed by atoms with Gasteiger partial charge in [-0.3, -0.25) is 9.59 Å². The van der Waals surface area contributed by atoms with Gasteiger partial charge < -0.3 is 19.1 Å². The number of anilines is 1. The number of nitrogens with zero attached hydrogens (tertiary/aromatic N) is 1. The topological polar surface area (TPSA) is 125 Å². The van der Waals surface area contributed by atoms with E-state index in [1.165, 1.54) is 29.2 Å². The van der Waals surface area contributed by atoms with Crippen molar-refractivity contribution in [2.24, 2.45) is 5.14 Å². The van der Waals surface area contributed by atoms with Gasteiger partial charge in [0.15, 0.2) is 6.10 Å². The fraction of sp³-hybridized carbons (Fsp3) is 0.300. The number of esters is 1. The summed E-state index contributed by atoms with van der Waals surface area (Å²) in [7, 11) is -3.76. The van der Waals surface area contributed by atoms with Crippen LogP contribution in [0.3, 0.4) is 0 Å². The highest BCUT2D eigenvalue weighted by Gasteiger charge is 2.31. The number of fused-ring (bicyclic) bond motifs is 1. The average Bonchev–Trinajstić information content (AvgIpc) is 2.71. The minimum absolute atomic E-state index is 0.0137. The Bertz CT molecular complexity index is 1020. The van der Waals surface area contributed by atoms with Gasteiger partial charge in [-0.2, -0.15) is 0 Å². The lowest BCUT2D eigenvalue weighted by molar-refractivity contribution is -0.144. The molecule has 1 atom stereocenters. The molecule has 0 saturated heterocycles. The van der Waals surface area contributed by atoms with Gasteiger partial charge in [0.05, 0.1) is 17.0 Å². The molecular formula is C20H22N2O7S. The molecule has 1 aliphatic heterocycles. The summed E-state index contributed by atoms with van der Waals surface area (Å²) in [6, 6.07) is 12.7. The van der Waals surface area contributed by atoms with Gasteiger partial charge in [0, 0.05) is 6.54 Å². The van der Waals surface area contributed by atoms with Crippen molar-refractivity contribution >= 4 is 27.6 Å². The molecule has 2 aromatic rings. The van der Waals surface area contributed by atoms with Gasteiger partial charge in [-0.05, 0) is 43.3 Å². The van der Waals surface area contributed by atoms with Crippen molar-refractivity contribution < 1.29 is 32.2 Å². The highest BCUT2D eigenvalue weighted by molar-refractivity contribution is 7.89. The molecule has 160 valence electrons. The molecule has 0 saturated carbocycles. The van der Waals surface area contributed by atoms with Gasteiger partial charge in [-0.1, -0.05) is 12.1 Å². The van der Waals surface area contributed by atoms with Crippen LogP contribution in [0, 0.1) is 0 Å². The van der Waals surface area contributed by atoms with E-state index in [9.17, 15) is 18.0 Å². The number of carbonyl (C=O) groups excluding carboxylic acids is 2. The maximum absolute atomic E-state index is 12.4. The molecule has 0 spiro atoms. The molecule has 2 N–H and O–H groups in total. The Morgan fingerprint density at radius 1 is 1.13 bits per heavy atom. The standard InChI is InChI=1S/C20H22N2O7S/c1-14-20(24)22(17-4-2-3-5-18(17)29-14)11-10-19(23)28-13-12-27-15-6-8-16(9-7-15)30(21,25)26/h2-9,14H,10-13H2,1H3,(H2,21,25,26)/t14-/m0/s1. The summed E-state index contributed by atoms with van der Waals surface area (Å²) in [6.07, 6.45) is -0.597. The predicted molar refractivity (Wildman–Crippen MR) is 108 cm³/mol. The minimum atomic E-state index is -3.76. The first-order chi connectivity index (χ1) is 14.3. The first-order valence-electron chi connectivity index (χ1n) is 9.24. The van der Waals surface area contributed by atoms with Crippen molar-refractivity contribution in [2.45, 2.75) is 24.3 Å². The lowest BCUT2D eigenvalue weighted by Crippen LogP contribution is -2.45. The summed E-state index contributed by atoms with van der Waals surface area (Å²) in [6.45, 7) is 1.95. The van der Waals surface area contributed by atoms with E-state index in [-0.39, 0.29) is 37.0 Å². The zero-order valence-corrected chi connectivity index (χ0v) is 17.1. The highest BCUT2D eigenvalue weighted by atomic mass is 32.2. The van der Waals surface area contributed by atoms with Crippen LogP contribution in [0.1, 0.15) is 13.3 Å². The van der Waals surface area contributed by atoms with E-state index in [4.69, 9.17) is 19.3 Å². The van der Waals surface area contributed by atoms with Crippen molar-refractivity contribution in [1.82, 2.24) is 0 Å². The lowest BCUT2D eigenvalue weighted by Gasteiger charge is -2.32. The molecule has 0 radical (unpaired) electrons. The smallest absolute Gasteiger partial charge is 0.307 e. The molecule has 9 nitrogen and oxygen atoms in total. The van der Waals surface area contributed by atoms with Crippen LogP contribution in [0.15, 0.2) is 53.4 Å². The molecule has 1 amide bonds. The average molecular weight is 434 g/mol. The minimum Gasteiger partial charge on any atom is -0.490 e. The molecule has 0 bridgehead atoms. The van der Waals surface area contributed by atoms with Crippen LogP contribution in [0.25, 0.3) is 0 Å². The Kier molecular flexibility index (Phi) is 6.58. The van der Waals surface area contributed by atoms with Crippen LogP contribution < -0.4 is 19.5 Å². The summed E-state index contributed by atoms with van der Waals surface area (Å²) in [4.78, 5) is 25.9. The van der Waals surface area contributed by atoms with Crippen molar-refractivity contribution in [3.8, 4) is 11.5 Å². The third kappa shape index (κ3) is 5.28. The number of carbonyl (C=O) groups is 2. The molecule has 3 rings (SSSR count). The second-order valence-electron chi connectivity index (χ2n) is 6.55. The molecular weight excluding hydrogens is 412 g/mol. The Hall–Kier alpha value is -3.11. The SMILES string of the molecule is C[C@@H]1Oc2ccccc2N(CCC(=O)OCCOc2ccc(S(N)(=O)=O)cc2)C1=O. The van der Waals surface area contributed by atoms with E-state index < -0.39 is 22.1 Å². The summed E-state index contributed by atoms with van der Waals surface area (Å²) >= 11 is 0. The van der Waals surface area contributed by atoms with E-state index in [2.05, 4.69) is 0 Å². The zero-order valence-electron chi connectivity index (χ0n) is 16.3. The number of ether oxygens (including phenoxy) is 3. The largest absolute Gasteiger partial charge is 0.490 e. The Balaban J connectivity index is 1.44. The first-order valence-corrected chi connectivity index (χ1v) is 10.8. The molecule has 0 unspecified atom stereocenters. The Labute approximate surface area is 174 Å². The molecule has 1 aliphatic rings. The van der Waals surface area contributed by atoms with E-state index in [1.807, 2.05) is 6.07 Å². The van der Waals surface area contributed by atoms with E-state index in [1.54, 1.807) is 25.1 Å². The number of hydrogen-bond donors (Lipinski definition) is 1. The molecule has 0 aromatic heterocycles. The van der Waals surface area contributed by atoms with Gasteiger partial charge in [-0.25, -0.2) is 13.6 Å². The Morgan fingerprint density at radius 2 is 1.83 bits per heavy atom. The van der Waals surface area contributed by atoms with Crippen molar-refractivity contribution in [3.63, 3.8) is 0 Å². The summed E-state index contributed by atoms with van der Waals surface area (Å²) in [5.74, 6) is 0.336.